The van der Waals surface area contributed by atoms with Gasteiger partial charge in [0.1, 0.15) is 11.5 Å². The first-order valence-electron chi connectivity index (χ1n) is 5.51. The predicted molar refractivity (Wildman–Crippen MR) is 80.5 cm³/mol. The van der Waals surface area contributed by atoms with Crippen LogP contribution < -0.4 is 10.4 Å². The molecule has 0 spiro atoms. The Hall–Kier alpha value is -1.48. The molecule has 1 N–H and O–H groups in total. The fourth-order valence-corrected chi connectivity index (χ4v) is 2.10. The van der Waals surface area contributed by atoms with Crippen LogP contribution >= 0.6 is 22.6 Å². The molecule has 0 saturated carbocycles. The summed E-state index contributed by atoms with van der Waals surface area (Å²) in [6.45, 7) is 0. The van der Waals surface area contributed by atoms with E-state index in [1.807, 2.05) is 22.6 Å². The highest BCUT2D eigenvalue weighted by molar-refractivity contribution is 14.1. The highest BCUT2D eigenvalue weighted by atomic mass is 127. The molecule has 0 bridgehead atoms. The third-order valence-corrected chi connectivity index (χ3v) is 3.27. The van der Waals surface area contributed by atoms with E-state index >= 15 is 0 Å². The fraction of sp³-hybridized carbons (Fsp3) is 0.0769. The van der Waals surface area contributed by atoms with Crippen molar-refractivity contribution >= 4 is 39.7 Å². The Morgan fingerprint density at radius 1 is 1.10 bits per heavy atom. The van der Waals surface area contributed by atoms with Crippen molar-refractivity contribution in [1.29, 1.82) is 0 Å². The maximum absolute atomic E-state index is 13.8. The SMILES string of the molecule is CN([O-])c1ccc(F)c(F)c1Nc1ccc(I)cc1F. The third-order valence-electron chi connectivity index (χ3n) is 2.60. The Bertz CT molecular complexity index is 650. The Balaban J connectivity index is 2.49. The first-order chi connectivity index (χ1) is 9.40. The molecule has 0 unspecified atom stereocenters. The van der Waals surface area contributed by atoms with Crippen LogP contribution in [0.15, 0.2) is 30.3 Å². The molecule has 0 fully saturated rings. The number of nitrogens with one attached hydrogen (secondary N) is 1. The van der Waals surface area contributed by atoms with Crippen LogP contribution in [0.5, 0.6) is 0 Å². The lowest BCUT2D eigenvalue weighted by molar-refractivity contribution is 0.511. The lowest BCUT2D eigenvalue weighted by Gasteiger charge is -2.28. The van der Waals surface area contributed by atoms with Crippen LogP contribution in [-0.2, 0) is 0 Å². The molecule has 0 heterocycles. The van der Waals surface area contributed by atoms with E-state index in [9.17, 15) is 18.4 Å². The van der Waals surface area contributed by atoms with E-state index in [2.05, 4.69) is 5.32 Å². The van der Waals surface area contributed by atoms with E-state index < -0.39 is 23.1 Å². The zero-order valence-electron chi connectivity index (χ0n) is 10.3. The number of benzene rings is 2. The van der Waals surface area contributed by atoms with E-state index in [1.54, 1.807) is 6.07 Å². The summed E-state index contributed by atoms with van der Waals surface area (Å²) >= 11 is 1.92. The molecule has 2 aromatic carbocycles. The van der Waals surface area contributed by atoms with Gasteiger partial charge in [-0.25, -0.2) is 13.2 Å². The lowest BCUT2D eigenvalue weighted by atomic mass is 10.2. The number of hydrogen-bond donors (Lipinski definition) is 1. The average Bonchev–Trinajstić information content (AvgIpc) is 2.37. The molecule has 106 valence electrons. The van der Waals surface area contributed by atoms with Crippen molar-refractivity contribution in [2.45, 2.75) is 0 Å². The minimum absolute atomic E-state index is 0.0435. The molecule has 0 aromatic heterocycles. The maximum atomic E-state index is 13.8. The van der Waals surface area contributed by atoms with Crippen molar-refractivity contribution in [3.63, 3.8) is 0 Å². The molecule has 0 saturated heterocycles. The summed E-state index contributed by atoms with van der Waals surface area (Å²) in [6, 6.07) is 6.19. The first-order valence-corrected chi connectivity index (χ1v) is 6.59. The van der Waals surface area contributed by atoms with Gasteiger partial charge in [-0.05, 0) is 60.0 Å². The quantitative estimate of drug-likeness (QED) is 0.621. The third kappa shape index (κ3) is 2.98. The van der Waals surface area contributed by atoms with Crippen LogP contribution in [0.4, 0.5) is 30.2 Å². The number of rotatable bonds is 3. The Labute approximate surface area is 127 Å². The van der Waals surface area contributed by atoms with Crippen LogP contribution in [0.1, 0.15) is 0 Å². The summed E-state index contributed by atoms with van der Waals surface area (Å²) in [5.74, 6) is -2.98. The molecule has 0 radical (unpaired) electrons. The summed E-state index contributed by atoms with van der Waals surface area (Å²) in [4.78, 5) is 0. The number of halogens is 4. The van der Waals surface area contributed by atoms with Gasteiger partial charge in [0, 0.05) is 3.57 Å². The molecule has 0 atom stereocenters. The van der Waals surface area contributed by atoms with E-state index in [0.29, 0.717) is 8.63 Å². The van der Waals surface area contributed by atoms with Crippen LogP contribution in [0.2, 0.25) is 0 Å². The molecule has 0 aliphatic rings. The van der Waals surface area contributed by atoms with Gasteiger partial charge in [-0.15, -0.1) is 0 Å². The standard InChI is InChI=1S/C13H9F3IN2O/c1-19(20)11-5-3-8(14)12(16)13(11)18-10-4-2-7(17)6-9(10)15/h2-6,18H,1H3/q-1. The van der Waals surface area contributed by atoms with E-state index in [1.165, 1.54) is 12.1 Å². The number of hydrogen-bond acceptors (Lipinski definition) is 3. The molecular formula is C13H9F3IN2O-. The van der Waals surface area contributed by atoms with Crippen molar-refractivity contribution in [3.8, 4) is 0 Å². The zero-order valence-corrected chi connectivity index (χ0v) is 12.4. The van der Waals surface area contributed by atoms with Gasteiger partial charge in [0.15, 0.2) is 11.6 Å². The Morgan fingerprint density at radius 3 is 2.40 bits per heavy atom. The Kier molecular flexibility index (Phi) is 4.39. The molecule has 0 aliphatic carbocycles. The van der Waals surface area contributed by atoms with Crippen molar-refractivity contribution < 1.29 is 13.2 Å². The molecule has 2 rings (SSSR count). The Morgan fingerprint density at radius 2 is 1.80 bits per heavy atom. The second-order valence-corrected chi connectivity index (χ2v) is 5.25. The van der Waals surface area contributed by atoms with E-state index in [-0.39, 0.29) is 11.4 Å². The summed E-state index contributed by atoms with van der Waals surface area (Å²) in [5, 5.41) is 14.1. The maximum Gasteiger partial charge on any atom is 0.184 e. The van der Waals surface area contributed by atoms with Crippen molar-refractivity contribution in [2.75, 3.05) is 17.4 Å². The molecule has 2 aromatic rings. The van der Waals surface area contributed by atoms with Crippen LogP contribution in [0.3, 0.4) is 0 Å². The molecule has 3 nitrogen and oxygen atoms in total. The van der Waals surface area contributed by atoms with Gasteiger partial charge >= 0.3 is 0 Å². The van der Waals surface area contributed by atoms with E-state index in [0.717, 1.165) is 19.2 Å². The smallest absolute Gasteiger partial charge is 0.184 e. The van der Waals surface area contributed by atoms with Gasteiger partial charge in [0.25, 0.3) is 0 Å². The monoisotopic (exact) mass is 393 g/mol. The summed E-state index contributed by atoms with van der Waals surface area (Å²) in [5.41, 5.74) is -0.567. The summed E-state index contributed by atoms with van der Waals surface area (Å²) in [7, 11) is 1.14. The largest absolute Gasteiger partial charge is 0.758 e. The molecule has 20 heavy (non-hydrogen) atoms. The lowest BCUT2D eigenvalue weighted by Crippen LogP contribution is -2.11. The first kappa shape index (κ1) is 14.9. The highest BCUT2D eigenvalue weighted by Gasteiger charge is 2.15. The van der Waals surface area contributed by atoms with Gasteiger partial charge in [0.2, 0.25) is 0 Å². The van der Waals surface area contributed by atoms with Gasteiger partial charge in [-0.3, -0.25) is 0 Å². The number of hydroxylamine groups is 1. The topological polar surface area (TPSA) is 38.3 Å². The molecule has 0 aliphatic heterocycles. The minimum atomic E-state index is -1.23. The minimum Gasteiger partial charge on any atom is -0.758 e. The van der Waals surface area contributed by atoms with Gasteiger partial charge in [-0.2, -0.15) is 0 Å². The van der Waals surface area contributed by atoms with Crippen LogP contribution in [0.25, 0.3) is 0 Å². The van der Waals surface area contributed by atoms with E-state index in [4.69, 9.17) is 0 Å². The van der Waals surface area contributed by atoms with Crippen LogP contribution in [0, 0.1) is 26.2 Å². The normalized spacial score (nSPS) is 10.5. The second kappa shape index (κ2) is 5.88. The fourth-order valence-electron chi connectivity index (χ4n) is 1.65. The van der Waals surface area contributed by atoms with Gasteiger partial charge in [0.05, 0.1) is 11.4 Å². The van der Waals surface area contributed by atoms with Gasteiger partial charge < -0.3 is 15.6 Å². The predicted octanol–water partition coefficient (Wildman–Crippen LogP) is 4.39. The number of anilines is 3. The van der Waals surface area contributed by atoms with Crippen molar-refractivity contribution in [3.05, 3.63) is 56.6 Å². The molecule has 0 amide bonds. The second-order valence-electron chi connectivity index (χ2n) is 4.00. The zero-order chi connectivity index (χ0) is 14.9. The van der Waals surface area contributed by atoms with Crippen molar-refractivity contribution in [1.82, 2.24) is 0 Å². The van der Waals surface area contributed by atoms with Crippen molar-refractivity contribution in [2.24, 2.45) is 0 Å². The van der Waals surface area contributed by atoms with Gasteiger partial charge in [-0.1, -0.05) is 0 Å². The molecular weight excluding hydrogens is 384 g/mol. The summed E-state index contributed by atoms with van der Waals surface area (Å²) in [6.07, 6.45) is 0. The number of nitrogens with zero attached hydrogens (tertiary/aromatic N) is 1. The average molecular weight is 393 g/mol. The van der Waals surface area contributed by atoms with Crippen LogP contribution in [-0.4, -0.2) is 7.05 Å². The molecule has 7 heteroatoms. The highest BCUT2D eigenvalue weighted by Crippen LogP contribution is 2.33. The summed E-state index contributed by atoms with van der Waals surface area (Å²) < 4.78 is 41.4.